The van der Waals surface area contributed by atoms with Crippen molar-refractivity contribution < 1.29 is 14.6 Å². The Bertz CT molecular complexity index is 777. The lowest BCUT2D eigenvalue weighted by Crippen LogP contribution is -2.42. The van der Waals surface area contributed by atoms with Gasteiger partial charge < -0.3 is 14.6 Å². The summed E-state index contributed by atoms with van der Waals surface area (Å²) in [6.07, 6.45) is 6.69. The van der Waals surface area contributed by atoms with Crippen LogP contribution in [0.3, 0.4) is 0 Å². The normalized spacial score (nSPS) is 20.2. The molecule has 0 unspecified atom stereocenters. The lowest BCUT2D eigenvalue weighted by molar-refractivity contribution is -0.0294. The Hall–Kier alpha value is -2.04. The molecule has 4 heteroatoms. The first-order chi connectivity index (χ1) is 13.7. The van der Waals surface area contributed by atoms with Gasteiger partial charge in [0, 0.05) is 30.8 Å². The quantitative estimate of drug-likeness (QED) is 0.800. The van der Waals surface area contributed by atoms with Crippen molar-refractivity contribution in [1.82, 2.24) is 4.90 Å². The Morgan fingerprint density at radius 2 is 1.61 bits per heavy atom. The van der Waals surface area contributed by atoms with Crippen molar-refractivity contribution in [2.24, 2.45) is 0 Å². The fraction of sp³-hybridized carbons (Fsp3) is 0.500. The smallest absolute Gasteiger partial charge is 0.124 e. The molecule has 1 heterocycles. The van der Waals surface area contributed by atoms with Crippen molar-refractivity contribution >= 4 is 0 Å². The summed E-state index contributed by atoms with van der Waals surface area (Å²) >= 11 is 0. The highest BCUT2D eigenvalue weighted by Gasteiger charge is 2.36. The standard InChI is InChI=1S/C24H31NO3/c1-27-23-13-7-5-11-21(23)24(26)14-16-25(17-15-24)18-19-8-2-6-12-22(19)28-20-9-3-4-10-20/h2,5-8,11-13,20,26H,3-4,9-10,14-18H2,1H3. The summed E-state index contributed by atoms with van der Waals surface area (Å²) in [4.78, 5) is 2.42. The van der Waals surface area contributed by atoms with Gasteiger partial charge in [-0.2, -0.15) is 0 Å². The van der Waals surface area contributed by atoms with E-state index >= 15 is 0 Å². The van der Waals surface area contributed by atoms with Crippen LogP contribution in [-0.2, 0) is 12.1 Å². The Labute approximate surface area is 168 Å². The van der Waals surface area contributed by atoms with Crippen molar-refractivity contribution in [2.45, 2.75) is 56.8 Å². The van der Waals surface area contributed by atoms with Gasteiger partial charge in [0.1, 0.15) is 11.5 Å². The van der Waals surface area contributed by atoms with Crippen molar-refractivity contribution in [1.29, 1.82) is 0 Å². The van der Waals surface area contributed by atoms with E-state index in [0.717, 1.165) is 36.7 Å². The second-order valence-electron chi connectivity index (χ2n) is 8.14. The Morgan fingerprint density at radius 3 is 2.32 bits per heavy atom. The summed E-state index contributed by atoms with van der Waals surface area (Å²) in [5, 5.41) is 11.3. The fourth-order valence-corrected chi connectivity index (χ4v) is 4.56. The van der Waals surface area contributed by atoms with Crippen LogP contribution in [0, 0.1) is 0 Å². The van der Waals surface area contributed by atoms with Gasteiger partial charge >= 0.3 is 0 Å². The summed E-state index contributed by atoms with van der Waals surface area (Å²) in [5.74, 6) is 1.80. The molecule has 2 fully saturated rings. The molecule has 0 spiro atoms. The first-order valence-electron chi connectivity index (χ1n) is 10.5. The number of nitrogens with zero attached hydrogens (tertiary/aromatic N) is 1. The van der Waals surface area contributed by atoms with Crippen molar-refractivity contribution in [3.05, 3.63) is 59.7 Å². The monoisotopic (exact) mass is 381 g/mol. The molecule has 2 aromatic carbocycles. The molecule has 2 aromatic rings. The molecule has 28 heavy (non-hydrogen) atoms. The number of hydrogen-bond acceptors (Lipinski definition) is 4. The van der Waals surface area contributed by atoms with Gasteiger partial charge in [0.05, 0.1) is 18.8 Å². The van der Waals surface area contributed by atoms with Gasteiger partial charge in [0.15, 0.2) is 0 Å². The zero-order chi connectivity index (χ0) is 19.4. The maximum absolute atomic E-state index is 11.3. The number of rotatable bonds is 6. The van der Waals surface area contributed by atoms with Crippen LogP contribution in [0.5, 0.6) is 11.5 Å². The van der Waals surface area contributed by atoms with E-state index in [-0.39, 0.29) is 0 Å². The van der Waals surface area contributed by atoms with E-state index < -0.39 is 5.60 Å². The highest BCUT2D eigenvalue weighted by Crippen LogP contribution is 2.38. The molecular formula is C24H31NO3. The molecule has 1 saturated heterocycles. The van der Waals surface area contributed by atoms with Crippen LogP contribution < -0.4 is 9.47 Å². The third kappa shape index (κ3) is 4.18. The molecule has 2 aliphatic rings. The Kier molecular flexibility index (Phi) is 5.88. The molecule has 0 bridgehead atoms. The van der Waals surface area contributed by atoms with Crippen LogP contribution in [0.1, 0.15) is 49.7 Å². The third-order valence-corrected chi connectivity index (χ3v) is 6.25. The number of methoxy groups -OCH3 is 1. The average Bonchev–Trinajstić information content (AvgIpc) is 3.24. The van der Waals surface area contributed by atoms with Gasteiger partial charge in [-0.1, -0.05) is 36.4 Å². The molecule has 4 nitrogen and oxygen atoms in total. The number of aliphatic hydroxyl groups is 1. The maximum atomic E-state index is 11.3. The summed E-state index contributed by atoms with van der Waals surface area (Å²) in [5.41, 5.74) is 1.34. The molecule has 1 N–H and O–H groups in total. The largest absolute Gasteiger partial charge is 0.496 e. The van der Waals surface area contributed by atoms with E-state index in [1.54, 1.807) is 7.11 Å². The molecular weight excluding hydrogens is 350 g/mol. The number of piperidine rings is 1. The molecule has 0 aromatic heterocycles. The predicted molar refractivity (Wildman–Crippen MR) is 111 cm³/mol. The highest BCUT2D eigenvalue weighted by molar-refractivity contribution is 5.38. The van der Waals surface area contributed by atoms with E-state index in [1.165, 1.54) is 31.2 Å². The van der Waals surface area contributed by atoms with Crippen molar-refractivity contribution in [3.8, 4) is 11.5 Å². The van der Waals surface area contributed by atoms with Crippen LogP contribution in [0.15, 0.2) is 48.5 Å². The van der Waals surface area contributed by atoms with Crippen LogP contribution >= 0.6 is 0 Å². The number of ether oxygens (including phenoxy) is 2. The van der Waals surface area contributed by atoms with Crippen LogP contribution in [0.4, 0.5) is 0 Å². The van der Waals surface area contributed by atoms with Crippen molar-refractivity contribution in [3.63, 3.8) is 0 Å². The van der Waals surface area contributed by atoms with E-state index in [2.05, 4.69) is 29.2 Å². The molecule has 0 atom stereocenters. The number of likely N-dealkylation sites (tertiary alicyclic amines) is 1. The zero-order valence-corrected chi connectivity index (χ0v) is 16.8. The van der Waals surface area contributed by atoms with Gasteiger partial charge in [-0.05, 0) is 50.7 Å². The highest BCUT2D eigenvalue weighted by atomic mass is 16.5. The zero-order valence-electron chi connectivity index (χ0n) is 16.8. The minimum Gasteiger partial charge on any atom is -0.496 e. The van der Waals surface area contributed by atoms with Gasteiger partial charge in [0.25, 0.3) is 0 Å². The number of hydrogen-bond donors (Lipinski definition) is 1. The molecule has 0 amide bonds. The lowest BCUT2D eigenvalue weighted by Gasteiger charge is -2.39. The van der Waals surface area contributed by atoms with E-state index in [9.17, 15) is 5.11 Å². The molecule has 1 saturated carbocycles. The Balaban J connectivity index is 1.41. The van der Waals surface area contributed by atoms with Gasteiger partial charge in [-0.25, -0.2) is 0 Å². The fourth-order valence-electron chi connectivity index (χ4n) is 4.56. The van der Waals surface area contributed by atoms with Crippen molar-refractivity contribution in [2.75, 3.05) is 20.2 Å². The van der Waals surface area contributed by atoms with Crippen LogP contribution in [0.2, 0.25) is 0 Å². The summed E-state index contributed by atoms with van der Waals surface area (Å²) in [6.45, 7) is 2.57. The minimum atomic E-state index is -0.816. The van der Waals surface area contributed by atoms with Gasteiger partial charge in [0.2, 0.25) is 0 Å². The summed E-state index contributed by atoms with van der Waals surface area (Å²) < 4.78 is 11.8. The van der Waals surface area contributed by atoms with Crippen LogP contribution in [0.25, 0.3) is 0 Å². The molecule has 1 aliphatic carbocycles. The molecule has 4 rings (SSSR count). The molecule has 1 aliphatic heterocycles. The summed E-state index contributed by atoms with van der Waals surface area (Å²) in [7, 11) is 1.67. The van der Waals surface area contributed by atoms with Gasteiger partial charge in [-0.3, -0.25) is 4.90 Å². The minimum absolute atomic E-state index is 0.373. The van der Waals surface area contributed by atoms with E-state index in [1.807, 2.05) is 24.3 Å². The maximum Gasteiger partial charge on any atom is 0.124 e. The molecule has 150 valence electrons. The van der Waals surface area contributed by atoms with E-state index in [4.69, 9.17) is 9.47 Å². The number of para-hydroxylation sites is 2. The summed E-state index contributed by atoms with van der Waals surface area (Å²) in [6, 6.07) is 16.3. The molecule has 0 radical (unpaired) electrons. The third-order valence-electron chi connectivity index (χ3n) is 6.25. The van der Waals surface area contributed by atoms with Gasteiger partial charge in [-0.15, -0.1) is 0 Å². The average molecular weight is 382 g/mol. The Morgan fingerprint density at radius 1 is 0.964 bits per heavy atom. The first-order valence-corrected chi connectivity index (χ1v) is 10.5. The number of benzene rings is 2. The topological polar surface area (TPSA) is 41.9 Å². The second kappa shape index (κ2) is 8.54. The SMILES string of the molecule is COc1ccccc1C1(O)CCN(Cc2ccccc2OC2CCCC2)CC1. The second-order valence-corrected chi connectivity index (χ2v) is 8.14. The lowest BCUT2D eigenvalue weighted by atomic mass is 9.83. The van der Waals surface area contributed by atoms with Crippen LogP contribution in [-0.4, -0.2) is 36.3 Å². The first kappa shape index (κ1) is 19.3. The van der Waals surface area contributed by atoms with E-state index in [0.29, 0.717) is 18.9 Å². The predicted octanol–water partition coefficient (Wildman–Crippen LogP) is 4.50.